The van der Waals surface area contributed by atoms with E-state index in [4.69, 9.17) is 4.74 Å². The fraction of sp³-hybridized carbons (Fsp3) is 0.333. The zero-order valence-electron chi connectivity index (χ0n) is 9.40. The molecule has 17 heavy (non-hydrogen) atoms. The summed E-state index contributed by atoms with van der Waals surface area (Å²) in [5.41, 5.74) is 1.54. The third-order valence-corrected chi connectivity index (χ3v) is 2.69. The summed E-state index contributed by atoms with van der Waals surface area (Å²) < 4.78 is 18.2. The van der Waals surface area contributed by atoms with Crippen molar-refractivity contribution in [2.75, 3.05) is 6.61 Å². The lowest BCUT2D eigenvalue weighted by molar-refractivity contribution is 0.106. The summed E-state index contributed by atoms with van der Waals surface area (Å²) in [6, 6.07) is 2.79. The normalized spacial score (nSPS) is 13.4. The predicted octanol–water partition coefficient (Wildman–Crippen LogP) is 2.11. The van der Waals surface area contributed by atoms with Crippen molar-refractivity contribution >= 4 is 12.4 Å². The Hall–Kier alpha value is -1.91. The summed E-state index contributed by atoms with van der Waals surface area (Å²) in [5.74, 6) is -0.551. The molecule has 1 aromatic rings. The molecule has 0 atom stereocenters. The quantitative estimate of drug-likeness (QED) is 0.740. The predicted molar refractivity (Wildman–Crippen MR) is 58.1 cm³/mol. The largest absolute Gasteiger partial charge is 0.450 e. The molecule has 0 saturated heterocycles. The van der Waals surface area contributed by atoms with E-state index in [0.29, 0.717) is 26.0 Å². The number of amides is 1. The average molecular weight is 237 g/mol. The molecule has 1 aliphatic rings. The zero-order chi connectivity index (χ0) is 12.4. The minimum atomic E-state index is -0.551. The maximum Gasteiger partial charge on any atom is 0.410 e. The molecule has 1 amide bonds. The number of carbonyl (C=O) groups is 2. The van der Waals surface area contributed by atoms with Gasteiger partial charge in [0.25, 0.3) is 0 Å². The van der Waals surface area contributed by atoms with Crippen LogP contribution in [0, 0.1) is 5.82 Å². The van der Waals surface area contributed by atoms with Crippen LogP contribution < -0.4 is 0 Å². The van der Waals surface area contributed by atoms with E-state index in [1.807, 2.05) is 0 Å². The molecule has 0 saturated carbocycles. The van der Waals surface area contributed by atoms with Crippen molar-refractivity contribution in [3.05, 3.63) is 34.6 Å². The van der Waals surface area contributed by atoms with Crippen LogP contribution in [0.15, 0.2) is 12.1 Å². The molecular weight excluding hydrogens is 225 g/mol. The molecule has 0 N–H and O–H groups in total. The van der Waals surface area contributed by atoms with Crippen LogP contribution in [0.5, 0.6) is 0 Å². The summed E-state index contributed by atoms with van der Waals surface area (Å²) in [7, 11) is 0. The number of hydrogen-bond donors (Lipinski definition) is 0. The topological polar surface area (TPSA) is 46.6 Å². The van der Waals surface area contributed by atoms with Gasteiger partial charge in [-0.2, -0.15) is 0 Å². The van der Waals surface area contributed by atoms with Gasteiger partial charge >= 0.3 is 6.09 Å². The van der Waals surface area contributed by atoms with Gasteiger partial charge in [-0.05, 0) is 30.2 Å². The Morgan fingerprint density at radius 3 is 2.71 bits per heavy atom. The fourth-order valence-corrected chi connectivity index (χ4v) is 1.87. The second-order valence-corrected chi connectivity index (χ2v) is 3.82. The summed E-state index contributed by atoms with van der Waals surface area (Å²) in [4.78, 5) is 23.6. The van der Waals surface area contributed by atoms with Gasteiger partial charge in [-0.3, -0.25) is 9.69 Å². The standard InChI is InChI=1S/C12H12FNO3/c1-2-17-12(16)14-5-8-3-10(7-15)11(13)4-9(8)6-14/h3-4,7H,2,5-6H2,1H3. The molecule has 4 nitrogen and oxygen atoms in total. The number of carbonyl (C=O) groups excluding carboxylic acids is 2. The monoisotopic (exact) mass is 237 g/mol. The Balaban J connectivity index is 2.22. The number of halogens is 1. The number of hydrogen-bond acceptors (Lipinski definition) is 3. The van der Waals surface area contributed by atoms with Gasteiger partial charge in [-0.15, -0.1) is 0 Å². The highest BCUT2D eigenvalue weighted by atomic mass is 19.1. The van der Waals surface area contributed by atoms with E-state index in [2.05, 4.69) is 0 Å². The fourth-order valence-electron chi connectivity index (χ4n) is 1.87. The van der Waals surface area contributed by atoms with Crippen molar-refractivity contribution < 1.29 is 18.7 Å². The van der Waals surface area contributed by atoms with Crippen molar-refractivity contribution in [2.45, 2.75) is 20.0 Å². The third kappa shape index (κ3) is 2.13. The molecule has 2 rings (SSSR count). The Kier molecular flexibility index (Phi) is 3.08. The van der Waals surface area contributed by atoms with Gasteiger partial charge in [0.1, 0.15) is 5.82 Å². The highest BCUT2D eigenvalue weighted by Gasteiger charge is 2.25. The molecule has 0 fully saturated rings. The molecule has 0 aliphatic carbocycles. The van der Waals surface area contributed by atoms with Gasteiger partial charge in [0.2, 0.25) is 0 Å². The Labute approximate surface area is 98.0 Å². The maximum atomic E-state index is 13.4. The first-order valence-electron chi connectivity index (χ1n) is 5.34. The van der Waals surface area contributed by atoms with Crippen molar-refractivity contribution in [1.82, 2.24) is 4.90 Å². The van der Waals surface area contributed by atoms with Crippen LogP contribution in [0.25, 0.3) is 0 Å². The lowest BCUT2D eigenvalue weighted by Gasteiger charge is -2.13. The van der Waals surface area contributed by atoms with Crippen molar-refractivity contribution in [3.63, 3.8) is 0 Å². The van der Waals surface area contributed by atoms with E-state index in [1.54, 1.807) is 6.92 Å². The SMILES string of the molecule is CCOC(=O)N1Cc2cc(F)c(C=O)cc2C1. The first-order valence-corrected chi connectivity index (χ1v) is 5.34. The van der Waals surface area contributed by atoms with Gasteiger partial charge in [-0.1, -0.05) is 0 Å². The molecule has 0 radical (unpaired) electrons. The molecule has 90 valence electrons. The summed E-state index contributed by atoms with van der Waals surface area (Å²) in [6.45, 7) is 2.71. The van der Waals surface area contributed by atoms with E-state index < -0.39 is 11.9 Å². The number of ether oxygens (including phenoxy) is 1. The van der Waals surface area contributed by atoms with Crippen LogP contribution in [-0.2, 0) is 17.8 Å². The average Bonchev–Trinajstić information content (AvgIpc) is 2.71. The third-order valence-electron chi connectivity index (χ3n) is 2.69. The van der Waals surface area contributed by atoms with Gasteiger partial charge in [0.05, 0.1) is 12.2 Å². The van der Waals surface area contributed by atoms with Crippen molar-refractivity contribution in [3.8, 4) is 0 Å². The Morgan fingerprint density at radius 1 is 1.47 bits per heavy atom. The van der Waals surface area contributed by atoms with Crippen LogP contribution in [0.2, 0.25) is 0 Å². The van der Waals surface area contributed by atoms with E-state index in [9.17, 15) is 14.0 Å². The minimum absolute atomic E-state index is 0.0226. The second-order valence-electron chi connectivity index (χ2n) is 3.82. The van der Waals surface area contributed by atoms with Gasteiger partial charge in [-0.25, -0.2) is 9.18 Å². The van der Waals surface area contributed by atoms with Crippen LogP contribution in [-0.4, -0.2) is 23.9 Å². The number of aldehydes is 1. The Bertz CT molecular complexity index is 473. The first kappa shape index (κ1) is 11.6. The van der Waals surface area contributed by atoms with Gasteiger partial charge in [0.15, 0.2) is 6.29 Å². The summed E-state index contributed by atoms with van der Waals surface area (Å²) >= 11 is 0. The summed E-state index contributed by atoms with van der Waals surface area (Å²) in [5, 5.41) is 0. The second kappa shape index (κ2) is 4.53. The number of rotatable bonds is 2. The maximum absolute atomic E-state index is 13.4. The van der Waals surface area contributed by atoms with Crippen molar-refractivity contribution in [2.24, 2.45) is 0 Å². The van der Waals surface area contributed by atoms with Crippen LogP contribution in [0.4, 0.5) is 9.18 Å². The highest BCUT2D eigenvalue weighted by molar-refractivity contribution is 5.76. The van der Waals surface area contributed by atoms with Gasteiger partial charge in [0, 0.05) is 13.1 Å². The number of fused-ring (bicyclic) bond motifs is 1. The summed E-state index contributed by atoms with van der Waals surface area (Å²) in [6.07, 6.45) is 0.0552. The van der Waals surface area contributed by atoms with Gasteiger partial charge < -0.3 is 4.74 Å². The van der Waals surface area contributed by atoms with E-state index in [0.717, 1.165) is 11.1 Å². The smallest absolute Gasteiger partial charge is 0.410 e. The van der Waals surface area contributed by atoms with E-state index in [-0.39, 0.29) is 5.56 Å². The number of benzene rings is 1. The lowest BCUT2D eigenvalue weighted by atomic mass is 10.1. The molecule has 1 heterocycles. The molecule has 5 heteroatoms. The lowest BCUT2D eigenvalue weighted by Crippen LogP contribution is -2.25. The Morgan fingerprint density at radius 2 is 2.12 bits per heavy atom. The van der Waals surface area contributed by atoms with Crippen LogP contribution >= 0.6 is 0 Å². The van der Waals surface area contributed by atoms with Crippen LogP contribution in [0.1, 0.15) is 28.4 Å². The first-order chi connectivity index (χ1) is 8.15. The number of nitrogens with zero attached hydrogens (tertiary/aromatic N) is 1. The molecule has 1 aromatic carbocycles. The molecule has 0 bridgehead atoms. The zero-order valence-corrected chi connectivity index (χ0v) is 9.40. The molecule has 0 unspecified atom stereocenters. The van der Waals surface area contributed by atoms with Crippen LogP contribution in [0.3, 0.4) is 0 Å². The van der Waals surface area contributed by atoms with E-state index in [1.165, 1.54) is 17.0 Å². The molecule has 0 spiro atoms. The highest BCUT2D eigenvalue weighted by Crippen LogP contribution is 2.25. The molecule has 0 aromatic heterocycles. The minimum Gasteiger partial charge on any atom is -0.450 e. The molecule has 1 aliphatic heterocycles. The molecular formula is C12H12FNO3. The van der Waals surface area contributed by atoms with E-state index >= 15 is 0 Å². The van der Waals surface area contributed by atoms with Crippen molar-refractivity contribution in [1.29, 1.82) is 0 Å².